The number of imidazole rings is 1. The molecule has 2 amide bonds. The summed E-state index contributed by atoms with van der Waals surface area (Å²) in [5.41, 5.74) is 3.58. The van der Waals surface area contributed by atoms with Gasteiger partial charge in [-0.25, -0.2) is 14.2 Å². The number of allylic oxidation sites excluding steroid dienone is 2. The molecule has 1 fully saturated rings. The van der Waals surface area contributed by atoms with Crippen LogP contribution in [0.4, 0.5) is 23.7 Å². The van der Waals surface area contributed by atoms with Crippen molar-refractivity contribution in [2.75, 3.05) is 24.5 Å². The first-order chi connectivity index (χ1) is 18.9. The number of fused-ring (bicyclic) bond motifs is 1. The normalized spacial score (nSPS) is 16.5. The Labute approximate surface area is 227 Å². The molecule has 0 N–H and O–H groups in total. The highest BCUT2D eigenvalue weighted by Crippen LogP contribution is 2.35. The second kappa shape index (κ2) is 11.6. The second-order valence-electron chi connectivity index (χ2n) is 10.2. The molecule has 3 aromatic rings. The van der Waals surface area contributed by atoms with Crippen LogP contribution in [0, 0.1) is 18.7 Å². The average Bonchev–Trinajstić information content (AvgIpc) is 3.37. The number of benzene rings is 2. The molecule has 6 nitrogen and oxygen atoms in total. The number of hydrogen-bond acceptors (Lipinski definition) is 3. The van der Waals surface area contributed by atoms with E-state index < -0.39 is 6.55 Å². The maximum atomic E-state index is 14.4. The number of carbonyl (C=O) groups excluding carboxylic acids is 1. The lowest BCUT2D eigenvalue weighted by atomic mass is 9.91. The summed E-state index contributed by atoms with van der Waals surface area (Å²) >= 11 is 0. The third-order valence-corrected chi connectivity index (χ3v) is 7.68. The van der Waals surface area contributed by atoms with Crippen molar-refractivity contribution in [3.05, 3.63) is 83.6 Å². The van der Waals surface area contributed by atoms with Crippen molar-refractivity contribution in [2.24, 2.45) is 5.92 Å². The van der Waals surface area contributed by atoms with Crippen molar-refractivity contribution >= 4 is 11.7 Å². The average molecular weight is 538 g/mol. The summed E-state index contributed by atoms with van der Waals surface area (Å²) in [5, 5.41) is 0. The molecule has 2 aromatic carbocycles. The molecule has 0 atom stereocenters. The first kappa shape index (κ1) is 26.8. The lowest BCUT2D eigenvalue weighted by molar-refractivity contribution is 0.120. The molecule has 2 aliphatic heterocycles. The maximum absolute atomic E-state index is 14.4. The number of halogens is 3. The van der Waals surface area contributed by atoms with Gasteiger partial charge in [0, 0.05) is 49.0 Å². The van der Waals surface area contributed by atoms with E-state index >= 15 is 0 Å². The van der Waals surface area contributed by atoms with E-state index in [1.165, 1.54) is 17.0 Å². The molecular formula is C30H34F3N5O. The number of urea groups is 1. The third-order valence-electron chi connectivity index (χ3n) is 7.68. The first-order valence-corrected chi connectivity index (χ1v) is 13.5. The summed E-state index contributed by atoms with van der Waals surface area (Å²) in [6, 6.07) is 13.5. The minimum Gasteiger partial charge on any atom is -0.325 e. The molecule has 0 unspecified atom stereocenters. The van der Waals surface area contributed by atoms with E-state index in [0.717, 1.165) is 11.3 Å². The van der Waals surface area contributed by atoms with Gasteiger partial charge in [0.1, 0.15) is 11.6 Å². The van der Waals surface area contributed by atoms with Crippen molar-refractivity contribution in [1.82, 2.24) is 19.4 Å². The van der Waals surface area contributed by atoms with Gasteiger partial charge in [-0.05, 0) is 49.9 Å². The van der Waals surface area contributed by atoms with Gasteiger partial charge in [-0.15, -0.1) is 0 Å². The zero-order valence-electron chi connectivity index (χ0n) is 22.4. The Balaban J connectivity index is 1.25. The summed E-state index contributed by atoms with van der Waals surface area (Å²) in [7, 11) is 0. The molecule has 0 saturated carbocycles. The summed E-state index contributed by atoms with van der Waals surface area (Å²) < 4.78 is 44.5. The Hall–Kier alpha value is -3.75. The van der Waals surface area contributed by atoms with E-state index in [1.807, 2.05) is 52.5 Å². The van der Waals surface area contributed by atoms with Crippen molar-refractivity contribution < 1.29 is 18.0 Å². The molecular weight excluding hydrogens is 503 g/mol. The molecule has 206 valence electrons. The Morgan fingerprint density at radius 1 is 1.08 bits per heavy atom. The van der Waals surface area contributed by atoms with Crippen LogP contribution in [0.5, 0.6) is 0 Å². The van der Waals surface area contributed by atoms with Crippen LogP contribution >= 0.6 is 0 Å². The number of anilines is 1. The molecule has 3 heterocycles. The molecule has 0 bridgehead atoms. The van der Waals surface area contributed by atoms with Gasteiger partial charge >= 0.3 is 12.6 Å². The van der Waals surface area contributed by atoms with E-state index in [2.05, 4.69) is 4.98 Å². The summed E-state index contributed by atoms with van der Waals surface area (Å²) in [5.74, 6) is 0.331. The predicted molar refractivity (Wildman–Crippen MR) is 146 cm³/mol. The number of piperidine rings is 1. The lowest BCUT2D eigenvalue weighted by Crippen LogP contribution is -2.49. The number of likely N-dealkylation sites (tertiary alicyclic amines) is 1. The highest BCUT2D eigenvalue weighted by Gasteiger charge is 2.34. The van der Waals surface area contributed by atoms with Gasteiger partial charge in [0.15, 0.2) is 0 Å². The minimum atomic E-state index is -2.65. The topological polar surface area (TPSA) is 44.6 Å². The third kappa shape index (κ3) is 5.53. The summed E-state index contributed by atoms with van der Waals surface area (Å²) in [6.45, 7) is 3.71. The first-order valence-electron chi connectivity index (χ1n) is 13.5. The fourth-order valence-electron chi connectivity index (χ4n) is 5.73. The largest absolute Gasteiger partial charge is 0.325 e. The number of nitrogens with zero attached hydrogens (tertiary/aromatic N) is 5. The number of alkyl halides is 2. The van der Waals surface area contributed by atoms with Gasteiger partial charge in [-0.1, -0.05) is 43.3 Å². The van der Waals surface area contributed by atoms with Gasteiger partial charge in [0.05, 0.1) is 18.4 Å². The van der Waals surface area contributed by atoms with E-state index in [0.29, 0.717) is 74.8 Å². The molecule has 0 radical (unpaired) electrons. The monoisotopic (exact) mass is 537 g/mol. The van der Waals surface area contributed by atoms with Crippen LogP contribution in [-0.4, -0.2) is 51.6 Å². The van der Waals surface area contributed by atoms with Crippen LogP contribution < -0.4 is 4.90 Å². The number of aryl methyl sites for hydroxylation is 1. The molecule has 9 heteroatoms. The quantitative estimate of drug-likeness (QED) is 0.330. The smallest absolute Gasteiger partial charge is 0.320 e. The van der Waals surface area contributed by atoms with E-state index in [4.69, 9.17) is 0 Å². The maximum Gasteiger partial charge on any atom is 0.320 e. The fraction of sp³-hybridized carbons (Fsp3) is 0.400. The van der Waals surface area contributed by atoms with Gasteiger partial charge in [0.2, 0.25) is 0 Å². The number of aromatic nitrogens is 2. The van der Waals surface area contributed by atoms with Crippen molar-refractivity contribution in [3.8, 4) is 11.4 Å². The molecule has 0 spiro atoms. The van der Waals surface area contributed by atoms with Crippen LogP contribution in [-0.2, 0) is 13.1 Å². The van der Waals surface area contributed by atoms with Gasteiger partial charge in [0.25, 0.3) is 0 Å². The molecule has 5 rings (SSSR count). The van der Waals surface area contributed by atoms with Crippen LogP contribution in [0.15, 0.2) is 66.5 Å². The molecule has 2 aliphatic rings. The van der Waals surface area contributed by atoms with Gasteiger partial charge in [-0.2, -0.15) is 8.78 Å². The highest BCUT2D eigenvalue weighted by molar-refractivity contribution is 5.75. The standard InChI is InChI=1S/C30H34F3N5O/c1-3-7-27(38(29(32)33)26-11-5-4-8-21(26)2)22-12-14-35(15-13-22)30(39)36-16-17-37-25(20-36)19-34-28(37)23-9-6-10-24(31)18-23/h4-11,18-19,22,29H,3,12-17,20H2,1-2H3/b27-7+. The number of amides is 2. The Bertz CT molecular complexity index is 1350. The molecule has 39 heavy (non-hydrogen) atoms. The number of carbonyl (C=O) groups is 1. The van der Waals surface area contributed by atoms with Crippen molar-refractivity contribution in [3.63, 3.8) is 0 Å². The van der Waals surface area contributed by atoms with Crippen LogP contribution in [0.3, 0.4) is 0 Å². The van der Waals surface area contributed by atoms with Crippen molar-refractivity contribution in [1.29, 1.82) is 0 Å². The molecule has 1 saturated heterocycles. The fourth-order valence-corrected chi connectivity index (χ4v) is 5.73. The zero-order chi connectivity index (χ0) is 27.5. The van der Waals surface area contributed by atoms with Crippen LogP contribution in [0.2, 0.25) is 0 Å². The van der Waals surface area contributed by atoms with Crippen LogP contribution in [0.1, 0.15) is 37.4 Å². The zero-order valence-corrected chi connectivity index (χ0v) is 22.4. The predicted octanol–water partition coefficient (Wildman–Crippen LogP) is 6.67. The Morgan fingerprint density at radius 3 is 2.54 bits per heavy atom. The number of para-hydroxylation sites is 1. The van der Waals surface area contributed by atoms with Gasteiger partial charge in [-0.3, -0.25) is 4.90 Å². The highest BCUT2D eigenvalue weighted by atomic mass is 19.3. The number of hydrogen-bond donors (Lipinski definition) is 0. The summed E-state index contributed by atoms with van der Waals surface area (Å²) in [4.78, 5) is 22.7. The van der Waals surface area contributed by atoms with Crippen LogP contribution in [0.25, 0.3) is 11.4 Å². The van der Waals surface area contributed by atoms with Gasteiger partial charge < -0.3 is 14.4 Å². The second-order valence-corrected chi connectivity index (χ2v) is 10.2. The summed E-state index contributed by atoms with van der Waals surface area (Å²) in [6.07, 6.45) is 5.56. The van der Waals surface area contributed by atoms with E-state index in [9.17, 15) is 18.0 Å². The van der Waals surface area contributed by atoms with Crippen molar-refractivity contribution in [2.45, 2.75) is 52.7 Å². The van der Waals surface area contributed by atoms with E-state index in [-0.39, 0.29) is 17.8 Å². The molecule has 1 aromatic heterocycles. The minimum absolute atomic E-state index is 0.0427. The lowest BCUT2D eigenvalue weighted by Gasteiger charge is -2.40. The Morgan fingerprint density at radius 2 is 1.85 bits per heavy atom. The number of rotatable bonds is 6. The van der Waals surface area contributed by atoms with E-state index in [1.54, 1.807) is 24.4 Å². The SMILES string of the molecule is CC/C=C(\C1CCN(C(=O)N2CCn3c(cnc3-c3cccc(F)c3)C2)CC1)N(c1ccccc1C)C(F)F. The molecule has 0 aliphatic carbocycles. The Kier molecular flexibility index (Phi) is 7.95.